The quantitative estimate of drug-likeness (QED) is 0.839. The number of nitrogens with one attached hydrogen (secondary N) is 1. The molecule has 5 nitrogen and oxygen atoms in total. The van der Waals surface area contributed by atoms with E-state index in [2.05, 4.69) is 21.4 Å². The Hall–Kier alpha value is -2.61. The monoisotopic (exact) mass is 239 g/mol. The molecule has 2 aromatic rings. The number of hydrogen-bond acceptors (Lipinski definition) is 5. The van der Waals surface area contributed by atoms with Gasteiger partial charge < -0.3 is 11.1 Å². The van der Waals surface area contributed by atoms with Crippen molar-refractivity contribution in [3.8, 4) is 6.07 Å². The van der Waals surface area contributed by atoms with Crippen molar-refractivity contribution in [2.75, 3.05) is 11.1 Å². The van der Waals surface area contributed by atoms with E-state index in [1.54, 1.807) is 18.3 Å². The first-order valence-corrected chi connectivity index (χ1v) is 5.47. The van der Waals surface area contributed by atoms with Crippen LogP contribution in [0.2, 0.25) is 0 Å². The van der Waals surface area contributed by atoms with Crippen molar-refractivity contribution >= 4 is 17.5 Å². The molecule has 0 aliphatic rings. The van der Waals surface area contributed by atoms with Gasteiger partial charge in [0, 0.05) is 17.4 Å². The molecule has 0 atom stereocenters. The molecule has 18 heavy (non-hydrogen) atoms. The number of nitrogens with zero attached hydrogens (tertiary/aromatic N) is 3. The molecule has 1 aromatic heterocycles. The highest BCUT2D eigenvalue weighted by Crippen LogP contribution is 2.22. The van der Waals surface area contributed by atoms with Crippen LogP contribution >= 0.6 is 0 Å². The Balaban J connectivity index is 2.39. The first-order valence-electron chi connectivity index (χ1n) is 5.47. The fourth-order valence-electron chi connectivity index (χ4n) is 1.54. The molecule has 3 N–H and O–H groups in total. The molecule has 2 rings (SSSR count). The molecule has 0 spiro atoms. The van der Waals surface area contributed by atoms with Gasteiger partial charge in [-0.05, 0) is 31.5 Å². The van der Waals surface area contributed by atoms with Crippen molar-refractivity contribution in [3.05, 3.63) is 41.1 Å². The van der Waals surface area contributed by atoms with E-state index in [1.165, 1.54) is 0 Å². The maximum atomic E-state index is 8.89. The second kappa shape index (κ2) is 4.72. The lowest BCUT2D eigenvalue weighted by Gasteiger charge is -2.11. The Labute approximate surface area is 105 Å². The number of nitrogen functional groups attached to an aromatic ring is 1. The summed E-state index contributed by atoms with van der Waals surface area (Å²) in [6, 6.07) is 7.56. The fourth-order valence-corrected chi connectivity index (χ4v) is 1.54. The maximum absolute atomic E-state index is 8.89. The van der Waals surface area contributed by atoms with Gasteiger partial charge in [0.15, 0.2) is 0 Å². The molecule has 1 heterocycles. The van der Waals surface area contributed by atoms with E-state index in [0.717, 1.165) is 16.8 Å². The standard InChI is InChI=1S/C13H13N5/c1-8-3-4-10(6-14)5-11(8)17-12-9(2)7-16-13(15)18-12/h3-5,7H,1-2H3,(H3,15,16,17,18). The Morgan fingerprint density at radius 1 is 1.28 bits per heavy atom. The number of aryl methyl sites for hydroxylation is 2. The van der Waals surface area contributed by atoms with E-state index >= 15 is 0 Å². The lowest BCUT2D eigenvalue weighted by atomic mass is 10.1. The predicted molar refractivity (Wildman–Crippen MR) is 70.4 cm³/mol. The van der Waals surface area contributed by atoms with Crippen molar-refractivity contribution in [2.45, 2.75) is 13.8 Å². The molecule has 0 radical (unpaired) electrons. The Bertz CT molecular complexity index is 628. The van der Waals surface area contributed by atoms with Crippen LogP contribution in [0.5, 0.6) is 0 Å². The predicted octanol–water partition coefficient (Wildman–Crippen LogP) is 2.29. The van der Waals surface area contributed by atoms with Crippen LogP contribution < -0.4 is 11.1 Å². The van der Waals surface area contributed by atoms with Crippen LogP contribution in [0.1, 0.15) is 16.7 Å². The SMILES string of the molecule is Cc1ccc(C#N)cc1Nc1nc(N)ncc1C. The Kier molecular flexibility index (Phi) is 3.11. The third-order valence-corrected chi connectivity index (χ3v) is 2.61. The molecule has 0 amide bonds. The summed E-state index contributed by atoms with van der Waals surface area (Å²) in [4.78, 5) is 8.05. The first kappa shape index (κ1) is 11.9. The first-order chi connectivity index (χ1) is 8.60. The van der Waals surface area contributed by atoms with Crippen LogP contribution in [0.15, 0.2) is 24.4 Å². The number of nitriles is 1. The average molecular weight is 239 g/mol. The smallest absolute Gasteiger partial charge is 0.221 e. The van der Waals surface area contributed by atoms with Crippen LogP contribution in [0.25, 0.3) is 0 Å². The summed E-state index contributed by atoms with van der Waals surface area (Å²) in [6.45, 7) is 3.86. The third kappa shape index (κ3) is 2.38. The minimum Gasteiger partial charge on any atom is -0.368 e. The van der Waals surface area contributed by atoms with E-state index in [1.807, 2.05) is 19.9 Å². The van der Waals surface area contributed by atoms with E-state index in [0.29, 0.717) is 11.4 Å². The van der Waals surface area contributed by atoms with Gasteiger partial charge in [-0.3, -0.25) is 0 Å². The fraction of sp³-hybridized carbons (Fsp3) is 0.154. The average Bonchev–Trinajstić information content (AvgIpc) is 2.36. The van der Waals surface area contributed by atoms with Crippen LogP contribution in [-0.4, -0.2) is 9.97 Å². The van der Waals surface area contributed by atoms with Crippen molar-refractivity contribution in [3.63, 3.8) is 0 Å². The van der Waals surface area contributed by atoms with Crippen molar-refractivity contribution < 1.29 is 0 Å². The lowest BCUT2D eigenvalue weighted by Crippen LogP contribution is -2.03. The second-order valence-electron chi connectivity index (χ2n) is 4.03. The zero-order valence-corrected chi connectivity index (χ0v) is 10.2. The van der Waals surface area contributed by atoms with Crippen molar-refractivity contribution in [2.24, 2.45) is 0 Å². The van der Waals surface area contributed by atoms with E-state index in [4.69, 9.17) is 11.0 Å². The van der Waals surface area contributed by atoms with Crippen LogP contribution in [0, 0.1) is 25.2 Å². The van der Waals surface area contributed by atoms with Gasteiger partial charge in [0.2, 0.25) is 5.95 Å². The van der Waals surface area contributed by atoms with Crippen LogP contribution in [0.3, 0.4) is 0 Å². The summed E-state index contributed by atoms with van der Waals surface area (Å²) in [7, 11) is 0. The van der Waals surface area contributed by atoms with Gasteiger partial charge in [-0.25, -0.2) is 4.98 Å². The highest BCUT2D eigenvalue weighted by molar-refractivity contribution is 5.64. The summed E-state index contributed by atoms with van der Waals surface area (Å²) < 4.78 is 0. The lowest BCUT2D eigenvalue weighted by molar-refractivity contribution is 1.14. The second-order valence-corrected chi connectivity index (χ2v) is 4.03. The van der Waals surface area contributed by atoms with E-state index in [9.17, 15) is 0 Å². The maximum Gasteiger partial charge on any atom is 0.221 e. The summed E-state index contributed by atoms with van der Waals surface area (Å²) in [5, 5.41) is 12.1. The zero-order valence-electron chi connectivity index (χ0n) is 10.2. The summed E-state index contributed by atoms with van der Waals surface area (Å²) >= 11 is 0. The van der Waals surface area contributed by atoms with Gasteiger partial charge in [-0.1, -0.05) is 6.07 Å². The highest BCUT2D eigenvalue weighted by Gasteiger charge is 2.05. The largest absolute Gasteiger partial charge is 0.368 e. The number of benzene rings is 1. The molecule has 5 heteroatoms. The molecule has 0 aliphatic heterocycles. The minimum atomic E-state index is 0.220. The zero-order chi connectivity index (χ0) is 13.1. The number of hydrogen-bond donors (Lipinski definition) is 2. The van der Waals surface area contributed by atoms with Crippen LogP contribution in [-0.2, 0) is 0 Å². The van der Waals surface area contributed by atoms with E-state index < -0.39 is 0 Å². The molecule has 0 aliphatic carbocycles. The van der Waals surface area contributed by atoms with Crippen molar-refractivity contribution in [1.29, 1.82) is 5.26 Å². The van der Waals surface area contributed by atoms with Gasteiger partial charge in [0.25, 0.3) is 0 Å². The van der Waals surface area contributed by atoms with Gasteiger partial charge >= 0.3 is 0 Å². The molecule has 0 saturated carbocycles. The van der Waals surface area contributed by atoms with Crippen molar-refractivity contribution in [1.82, 2.24) is 9.97 Å². The minimum absolute atomic E-state index is 0.220. The molecule has 0 fully saturated rings. The van der Waals surface area contributed by atoms with Gasteiger partial charge in [-0.15, -0.1) is 0 Å². The summed E-state index contributed by atoms with van der Waals surface area (Å²) in [6.07, 6.45) is 1.66. The molecule has 0 unspecified atom stereocenters. The molecular formula is C13H13N5. The Morgan fingerprint density at radius 3 is 2.78 bits per heavy atom. The molecule has 1 aromatic carbocycles. The number of nitrogens with two attached hydrogens (primary N) is 1. The number of rotatable bonds is 2. The highest BCUT2D eigenvalue weighted by atomic mass is 15.1. The molecular weight excluding hydrogens is 226 g/mol. The van der Waals surface area contributed by atoms with Gasteiger partial charge in [-0.2, -0.15) is 10.2 Å². The Morgan fingerprint density at radius 2 is 2.06 bits per heavy atom. The van der Waals surface area contributed by atoms with E-state index in [-0.39, 0.29) is 5.95 Å². The molecule has 0 bridgehead atoms. The topological polar surface area (TPSA) is 87.6 Å². The molecule has 0 saturated heterocycles. The number of aromatic nitrogens is 2. The van der Waals surface area contributed by atoms with Crippen LogP contribution in [0.4, 0.5) is 17.5 Å². The molecule has 90 valence electrons. The third-order valence-electron chi connectivity index (χ3n) is 2.61. The summed E-state index contributed by atoms with van der Waals surface area (Å²) in [5.74, 6) is 0.873. The number of anilines is 3. The van der Waals surface area contributed by atoms with Gasteiger partial charge in [0.1, 0.15) is 5.82 Å². The summed E-state index contributed by atoms with van der Waals surface area (Å²) in [5.41, 5.74) is 8.93. The normalized spacial score (nSPS) is 9.83. The van der Waals surface area contributed by atoms with Gasteiger partial charge in [0.05, 0.1) is 11.6 Å².